The van der Waals surface area contributed by atoms with E-state index in [1.54, 1.807) is 6.07 Å². The molecule has 30 valence electrons. The van der Waals surface area contributed by atoms with Gasteiger partial charge in [0, 0.05) is 0 Å². The molecule has 0 heterocycles. The Morgan fingerprint density at radius 2 is 2.67 bits per heavy atom. The molecule has 0 atom stereocenters. The smallest absolute Gasteiger partial charge is 0.196 e. The summed E-state index contributed by atoms with van der Waals surface area (Å²) in [4.78, 5) is 2.58. The Morgan fingerprint density at radius 3 is 2.83 bits per heavy atom. The number of nitrogens with one attached hydrogen (secondary N) is 1. The number of nitriles is 1. The van der Waals surface area contributed by atoms with Crippen LogP contribution in [0.5, 0.6) is 0 Å². The van der Waals surface area contributed by atoms with Gasteiger partial charge in [-0.25, -0.2) is 0 Å². The Bertz CT molecular complexity index is 103. The summed E-state index contributed by atoms with van der Waals surface area (Å²) < 4.78 is 0. The van der Waals surface area contributed by atoms with E-state index in [0.29, 0.717) is 0 Å². The zero-order valence-electron chi connectivity index (χ0n) is 3.05. The predicted molar refractivity (Wildman–Crippen MR) is 17.8 cm³/mol. The third-order valence-electron chi connectivity index (χ3n) is 0.212. The van der Waals surface area contributed by atoms with Crippen LogP contribution in [-0.4, -0.2) is 6.54 Å². The molecule has 4 heteroatoms. The van der Waals surface area contributed by atoms with Crippen LogP contribution in [0.1, 0.15) is 0 Å². The lowest BCUT2D eigenvalue weighted by atomic mass is 10.8. The summed E-state index contributed by atoms with van der Waals surface area (Å²) in [6, 6.07) is 1.69. The first-order chi connectivity index (χ1) is 2.91. The molecule has 6 heavy (non-hydrogen) atoms. The van der Waals surface area contributed by atoms with Crippen molar-refractivity contribution in [3.05, 3.63) is 0 Å². The molecule has 0 saturated carbocycles. The maximum atomic E-state index is 7.71. The molecular weight excluding hydrogens is 80.0 g/mol. The molecule has 0 fully saturated rings. The first-order valence-electron chi connectivity index (χ1n) is 1.32. The van der Waals surface area contributed by atoms with Gasteiger partial charge >= 0.3 is 0 Å². The molecular formula is C2H3N4+. The fourth-order valence-electron chi connectivity index (χ4n) is 0.0670. The highest BCUT2D eigenvalue weighted by Crippen LogP contribution is 1.53. The van der Waals surface area contributed by atoms with Gasteiger partial charge in [-0.2, -0.15) is 5.26 Å². The first-order valence-corrected chi connectivity index (χ1v) is 1.32. The molecule has 0 unspecified atom stereocenters. The Hall–Kier alpha value is -1.20. The summed E-state index contributed by atoms with van der Waals surface area (Å²) in [5, 5.41) is 10.7. The van der Waals surface area contributed by atoms with Crippen LogP contribution in [0.25, 0.3) is 0 Å². The van der Waals surface area contributed by atoms with E-state index in [0.717, 1.165) is 0 Å². The summed E-state index contributed by atoms with van der Waals surface area (Å²) in [5.41, 5.74) is 6.01. The van der Waals surface area contributed by atoms with Crippen LogP contribution >= 0.6 is 0 Å². The van der Waals surface area contributed by atoms with Crippen molar-refractivity contribution in [2.75, 3.05) is 6.54 Å². The van der Waals surface area contributed by atoms with Gasteiger partial charge in [0.15, 0.2) is 0 Å². The Labute approximate surface area is 34.6 Å². The van der Waals surface area contributed by atoms with E-state index >= 15 is 0 Å². The average molecular weight is 83.1 g/mol. The molecule has 0 aromatic rings. The predicted octanol–water partition coefficient (Wildman–Crippen LogP) is 0.0603. The van der Waals surface area contributed by atoms with E-state index in [2.05, 4.69) is 10.0 Å². The number of hydrogen-bond donors (Lipinski definition) is 1. The minimum Gasteiger partial charge on any atom is -0.196 e. The molecule has 0 aliphatic heterocycles. The monoisotopic (exact) mass is 83.0 g/mol. The third kappa shape index (κ3) is 2.80. The molecule has 0 aliphatic rings. The quantitative estimate of drug-likeness (QED) is 0.271. The van der Waals surface area contributed by atoms with Gasteiger partial charge < -0.3 is 0 Å². The number of nitrogens with zero attached hydrogens (tertiary/aromatic N) is 3. The molecule has 1 N–H and O–H groups in total. The molecule has 0 aromatic heterocycles. The molecule has 0 aromatic carbocycles. The van der Waals surface area contributed by atoms with Gasteiger partial charge in [-0.15, -0.1) is 0 Å². The van der Waals surface area contributed by atoms with Crippen molar-refractivity contribution in [2.24, 2.45) is 5.11 Å². The summed E-state index contributed by atoms with van der Waals surface area (Å²) in [6.07, 6.45) is 0. The van der Waals surface area contributed by atoms with E-state index in [9.17, 15) is 0 Å². The normalized spacial score (nSPS) is 5.17. The zero-order chi connectivity index (χ0) is 4.83. The maximum Gasteiger partial charge on any atom is 0.215 e. The second kappa shape index (κ2) is 3.80. The summed E-state index contributed by atoms with van der Waals surface area (Å²) >= 11 is 0. The first kappa shape index (κ1) is 4.80. The fraction of sp³-hybridized carbons (Fsp3) is 0.500. The SMILES string of the molecule is N#CCN=[N+]=N. The summed E-state index contributed by atoms with van der Waals surface area (Å²) in [6.45, 7) is -0.0104. The van der Waals surface area contributed by atoms with Crippen LogP contribution < -0.4 is 4.91 Å². The standard InChI is InChI=1S/C2H3N4/c3-1-2-5-6-4/h4H,2H2/q+1. The van der Waals surface area contributed by atoms with Crippen molar-refractivity contribution in [1.29, 1.82) is 10.8 Å². The third-order valence-corrected chi connectivity index (χ3v) is 0.212. The molecule has 0 amide bonds. The van der Waals surface area contributed by atoms with Gasteiger partial charge in [-0.1, -0.05) is 0 Å². The molecule has 0 bridgehead atoms. The zero-order valence-corrected chi connectivity index (χ0v) is 3.05. The molecule has 0 spiro atoms. The van der Waals surface area contributed by atoms with Crippen LogP contribution in [-0.2, 0) is 0 Å². The summed E-state index contributed by atoms with van der Waals surface area (Å²) in [7, 11) is 0. The van der Waals surface area contributed by atoms with Crippen LogP contribution in [0.3, 0.4) is 0 Å². The number of rotatable bonds is 1. The Morgan fingerprint density at radius 1 is 2.00 bits per heavy atom. The van der Waals surface area contributed by atoms with Crippen molar-refractivity contribution in [2.45, 2.75) is 0 Å². The minimum absolute atomic E-state index is 0.0104. The molecule has 0 rings (SSSR count). The van der Waals surface area contributed by atoms with Crippen molar-refractivity contribution >= 4 is 0 Å². The second-order valence-electron chi connectivity index (χ2n) is 0.558. The lowest BCUT2D eigenvalue weighted by Gasteiger charge is -1.43. The van der Waals surface area contributed by atoms with Crippen LogP contribution in [0, 0.1) is 16.9 Å². The summed E-state index contributed by atoms with van der Waals surface area (Å²) in [5.74, 6) is 0. The molecule has 0 saturated heterocycles. The molecule has 4 nitrogen and oxygen atoms in total. The van der Waals surface area contributed by atoms with Gasteiger partial charge in [-0.3, -0.25) is 0 Å². The van der Waals surface area contributed by atoms with Gasteiger partial charge in [-0.05, 0) is 0 Å². The Balaban J connectivity index is 3.16. The van der Waals surface area contributed by atoms with Crippen LogP contribution in [0.15, 0.2) is 5.11 Å². The van der Waals surface area contributed by atoms with Gasteiger partial charge in [0.1, 0.15) is 10.6 Å². The number of hydrogen-bond acceptors (Lipinski definition) is 3. The lowest BCUT2D eigenvalue weighted by Crippen LogP contribution is -1.66. The van der Waals surface area contributed by atoms with Crippen LogP contribution in [0.4, 0.5) is 0 Å². The topological polar surface area (TPSA) is 74.1 Å². The lowest BCUT2D eigenvalue weighted by molar-refractivity contribution is 0.922. The van der Waals surface area contributed by atoms with E-state index < -0.39 is 0 Å². The second-order valence-corrected chi connectivity index (χ2v) is 0.558. The highest BCUT2D eigenvalue weighted by atomic mass is 15.1. The largest absolute Gasteiger partial charge is 0.215 e. The average Bonchev–Trinajstić information content (AvgIpc) is 1.61. The minimum atomic E-state index is -0.0104. The van der Waals surface area contributed by atoms with Crippen molar-refractivity contribution in [1.82, 2.24) is 4.91 Å². The van der Waals surface area contributed by atoms with E-state index in [-0.39, 0.29) is 6.54 Å². The van der Waals surface area contributed by atoms with Crippen molar-refractivity contribution in [3.63, 3.8) is 0 Å². The van der Waals surface area contributed by atoms with Crippen LogP contribution in [0.2, 0.25) is 0 Å². The highest BCUT2D eigenvalue weighted by molar-refractivity contribution is 4.69. The van der Waals surface area contributed by atoms with E-state index in [1.165, 1.54) is 0 Å². The van der Waals surface area contributed by atoms with Crippen molar-refractivity contribution < 1.29 is 0 Å². The van der Waals surface area contributed by atoms with E-state index in [4.69, 9.17) is 10.8 Å². The maximum absolute atomic E-state index is 7.71. The highest BCUT2D eigenvalue weighted by Gasteiger charge is 1.73. The van der Waals surface area contributed by atoms with E-state index in [1.807, 2.05) is 0 Å². The Kier molecular flexibility index (Phi) is 3.04. The van der Waals surface area contributed by atoms with Crippen molar-refractivity contribution in [3.8, 4) is 6.07 Å². The van der Waals surface area contributed by atoms with Gasteiger partial charge in [0.05, 0.1) is 6.07 Å². The fourth-order valence-corrected chi connectivity index (χ4v) is 0.0670. The molecule has 0 aliphatic carbocycles. The van der Waals surface area contributed by atoms with Gasteiger partial charge in [0.25, 0.3) is 0 Å². The molecule has 0 radical (unpaired) electrons. The van der Waals surface area contributed by atoms with Gasteiger partial charge in [0.2, 0.25) is 11.5 Å².